The van der Waals surface area contributed by atoms with Crippen LogP contribution in [0.1, 0.15) is 26.9 Å². The molecule has 3 amide bonds. The van der Waals surface area contributed by atoms with E-state index < -0.39 is 49.1 Å². The maximum Gasteiger partial charge on any atom is 0.259 e. The normalized spacial score (nSPS) is 24.4. The molecule has 14 heteroatoms. The number of hydrogen-bond acceptors (Lipinski definition) is 10. The molecule has 0 bridgehead atoms. The van der Waals surface area contributed by atoms with Crippen LogP contribution in [-0.2, 0) is 9.53 Å². The highest BCUT2D eigenvalue weighted by molar-refractivity contribution is 6.40. The SMILES string of the molecule is O=CNc1ccc(O)c2c1c1c3c(c4c5cccc(O)c5[nH]c4c1n2[C@@H]1O[C@H](CO)[C@@H](O)[C@H](O)[C@H]1O)C(=O)NC3=O. The van der Waals surface area contributed by atoms with E-state index >= 15 is 0 Å². The minimum atomic E-state index is -1.81. The highest BCUT2D eigenvalue weighted by atomic mass is 16.6. The van der Waals surface area contributed by atoms with Crippen molar-refractivity contribution >= 4 is 67.5 Å². The Morgan fingerprint density at radius 3 is 2.32 bits per heavy atom. The van der Waals surface area contributed by atoms with Gasteiger partial charge in [0, 0.05) is 21.5 Å². The number of nitrogens with zero attached hydrogens (tertiary/aromatic N) is 1. The Morgan fingerprint density at radius 2 is 1.61 bits per heavy atom. The van der Waals surface area contributed by atoms with Crippen LogP contribution >= 0.6 is 0 Å². The lowest BCUT2D eigenvalue weighted by Crippen LogP contribution is -2.56. The Balaban J connectivity index is 1.77. The van der Waals surface area contributed by atoms with Gasteiger partial charge in [-0.15, -0.1) is 0 Å². The fourth-order valence-corrected chi connectivity index (χ4v) is 6.22. The summed E-state index contributed by atoms with van der Waals surface area (Å²) in [6.07, 6.45) is -7.80. The third-order valence-corrected chi connectivity index (χ3v) is 7.94. The topological polar surface area (TPSA) is 227 Å². The quantitative estimate of drug-likeness (QED) is 0.0825. The third kappa shape index (κ3) is 3.15. The van der Waals surface area contributed by atoms with Crippen molar-refractivity contribution in [1.82, 2.24) is 14.9 Å². The first-order chi connectivity index (χ1) is 19.7. The number of carbonyl (C=O) groups excluding carboxylic acids is 3. The summed E-state index contributed by atoms with van der Waals surface area (Å²) in [6, 6.07) is 7.25. The molecule has 4 heterocycles. The summed E-state index contributed by atoms with van der Waals surface area (Å²) in [5, 5.41) is 69.6. The molecule has 9 N–H and O–H groups in total. The summed E-state index contributed by atoms with van der Waals surface area (Å²) in [7, 11) is 0. The smallest absolute Gasteiger partial charge is 0.259 e. The fourth-order valence-electron chi connectivity index (χ4n) is 6.22. The molecule has 0 radical (unpaired) electrons. The Morgan fingerprint density at radius 1 is 0.878 bits per heavy atom. The van der Waals surface area contributed by atoms with Gasteiger partial charge in [0.2, 0.25) is 6.41 Å². The van der Waals surface area contributed by atoms with E-state index in [9.17, 15) is 45.0 Å². The molecular formula is C27H22N4O10. The predicted molar refractivity (Wildman–Crippen MR) is 143 cm³/mol. The number of rotatable bonds is 4. The van der Waals surface area contributed by atoms with Crippen molar-refractivity contribution in [3.8, 4) is 11.5 Å². The Bertz CT molecular complexity index is 1980. The molecule has 210 valence electrons. The van der Waals surface area contributed by atoms with Crippen LogP contribution in [0.25, 0.3) is 43.6 Å². The molecule has 2 aliphatic heterocycles. The second kappa shape index (κ2) is 8.63. The lowest BCUT2D eigenvalue weighted by Gasteiger charge is -2.41. The number of phenols is 2. The number of amides is 3. The molecule has 7 rings (SSSR count). The fraction of sp³-hybridized carbons (Fsp3) is 0.222. The molecule has 0 spiro atoms. The summed E-state index contributed by atoms with van der Waals surface area (Å²) in [5.41, 5.74) is 0.510. The number of ether oxygens (including phenoxy) is 1. The zero-order valence-electron chi connectivity index (χ0n) is 20.8. The van der Waals surface area contributed by atoms with Gasteiger partial charge in [-0.1, -0.05) is 12.1 Å². The third-order valence-electron chi connectivity index (χ3n) is 7.94. The molecule has 0 unspecified atom stereocenters. The van der Waals surface area contributed by atoms with Crippen molar-refractivity contribution in [1.29, 1.82) is 0 Å². The number of aliphatic hydroxyl groups excluding tert-OH is 4. The van der Waals surface area contributed by atoms with Gasteiger partial charge in [-0.3, -0.25) is 19.7 Å². The van der Waals surface area contributed by atoms with Crippen LogP contribution < -0.4 is 10.6 Å². The average molecular weight is 562 g/mol. The van der Waals surface area contributed by atoms with E-state index in [0.29, 0.717) is 11.8 Å². The van der Waals surface area contributed by atoms with Crippen LogP contribution in [0.15, 0.2) is 30.3 Å². The van der Waals surface area contributed by atoms with Crippen LogP contribution in [0.2, 0.25) is 0 Å². The van der Waals surface area contributed by atoms with Crippen LogP contribution in [0.5, 0.6) is 11.5 Å². The van der Waals surface area contributed by atoms with Gasteiger partial charge in [-0.25, -0.2) is 0 Å². The van der Waals surface area contributed by atoms with E-state index in [4.69, 9.17) is 4.74 Å². The number of aliphatic hydroxyl groups is 4. The number of carbonyl (C=O) groups is 3. The van der Waals surface area contributed by atoms with Gasteiger partial charge in [0.1, 0.15) is 35.9 Å². The van der Waals surface area contributed by atoms with Crippen molar-refractivity contribution in [2.75, 3.05) is 11.9 Å². The monoisotopic (exact) mass is 562 g/mol. The van der Waals surface area contributed by atoms with Gasteiger partial charge < -0.3 is 50.2 Å². The van der Waals surface area contributed by atoms with E-state index in [1.54, 1.807) is 12.1 Å². The Labute approximate surface area is 228 Å². The van der Waals surface area contributed by atoms with Gasteiger partial charge in [0.25, 0.3) is 11.8 Å². The zero-order valence-corrected chi connectivity index (χ0v) is 20.8. The van der Waals surface area contributed by atoms with Crippen molar-refractivity contribution < 1.29 is 49.8 Å². The molecule has 41 heavy (non-hydrogen) atoms. The van der Waals surface area contributed by atoms with Gasteiger partial charge in [0.15, 0.2) is 6.23 Å². The number of aromatic amines is 1. The van der Waals surface area contributed by atoms with E-state index in [-0.39, 0.29) is 66.5 Å². The lowest BCUT2D eigenvalue weighted by molar-refractivity contribution is -0.249. The number of hydrogen-bond donors (Lipinski definition) is 9. The first kappa shape index (κ1) is 25.3. The average Bonchev–Trinajstić information content (AvgIpc) is 3.60. The van der Waals surface area contributed by atoms with E-state index in [1.165, 1.54) is 22.8 Å². The first-order valence-electron chi connectivity index (χ1n) is 12.5. The largest absolute Gasteiger partial charge is 0.506 e. The number of aromatic hydroxyl groups is 2. The first-order valence-corrected chi connectivity index (χ1v) is 12.5. The molecule has 1 fully saturated rings. The van der Waals surface area contributed by atoms with E-state index in [1.807, 2.05) is 0 Å². The van der Waals surface area contributed by atoms with Crippen molar-refractivity contribution in [2.24, 2.45) is 0 Å². The summed E-state index contributed by atoms with van der Waals surface area (Å²) in [5.74, 6) is -2.01. The number of phenolic OH excluding ortho intramolecular Hbond substituents is 2. The maximum atomic E-state index is 13.4. The van der Waals surface area contributed by atoms with Crippen LogP contribution in [0, 0.1) is 0 Å². The van der Waals surface area contributed by atoms with Crippen molar-refractivity contribution in [2.45, 2.75) is 30.6 Å². The summed E-state index contributed by atoms with van der Waals surface area (Å²) < 4.78 is 7.16. The highest BCUT2D eigenvalue weighted by Gasteiger charge is 2.46. The molecule has 14 nitrogen and oxygen atoms in total. The summed E-state index contributed by atoms with van der Waals surface area (Å²) >= 11 is 0. The number of H-pyrrole nitrogens is 1. The molecule has 2 aliphatic rings. The molecule has 2 aromatic heterocycles. The number of fused-ring (bicyclic) bond motifs is 10. The Kier molecular flexibility index (Phi) is 5.32. The number of benzene rings is 3. The highest BCUT2D eigenvalue weighted by Crippen LogP contribution is 2.50. The van der Waals surface area contributed by atoms with Gasteiger partial charge >= 0.3 is 0 Å². The molecule has 3 aromatic carbocycles. The predicted octanol–water partition coefficient (Wildman–Crippen LogP) is 0.264. The standard InChI is InChI=1S/C27H22N4O10/c32-6-12-22(36)23(37)24(38)27(41-12)31-20-11(35)5-4-9(28-7-33)14(20)15-17-16(25(39)30-26(17)40)13-8-2-1-3-10(34)18(8)29-19(13)21(15)31/h1-5,7,12,22-24,27,29,32,34-38H,6H2,(H,28,33)(H,30,39,40)/t12-,22-,23+,24-,27-/m1/s1. The molecule has 0 aliphatic carbocycles. The van der Waals surface area contributed by atoms with Gasteiger partial charge in [-0.05, 0) is 18.2 Å². The minimum Gasteiger partial charge on any atom is -0.506 e. The minimum absolute atomic E-state index is 0.0115. The van der Waals surface area contributed by atoms with Crippen LogP contribution in [0.3, 0.4) is 0 Å². The summed E-state index contributed by atoms with van der Waals surface area (Å²) in [6.45, 7) is -0.732. The number of nitrogens with one attached hydrogen (secondary N) is 3. The molecule has 5 atom stereocenters. The number of imide groups is 1. The molecule has 0 saturated carbocycles. The maximum absolute atomic E-state index is 13.4. The van der Waals surface area contributed by atoms with Crippen molar-refractivity contribution in [3.05, 3.63) is 41.5 Å². The van der Waals surface area contributed by atoms with Gasteiger partial charge in [-0.2, -0.15) is 0 Å². The molecule has 5 aromatic rings. The van der Waals surface area contributed by atoms with E-state index in [0.717, 1.165) is 0 Å². The van der Waals surface area contributed by atoms with Crippen LogP contribution in [-0.4, -0.2) is 89.4 Å². The van der Waals surface area contributed by atoms with Crippen LogP contribution in [0.4, 0.5) is 5.69 Å². The molecule has 1 saturated heterocycles. The number of para-hydroxylation sites is 1. The lowest BCUT2D eigenvalue weighted by atomic mass is 9.96. The van der Waals surface area contributed by atoms with Gasteiger partial charge in [0.05, 0.1) is 45.5 Å². The number of aromatic nitrogens is 2. The molecular weight excluding hydrogens is 540 g/mol. The van der Waals surface area contributed by atoms with E-state index in [2.05, 4.69) is 15.6 Å². The van der Waals surface area contributed by atoms with Crippen molar-refractivity contribution in [3.63, 3.8) is 0 Å². The number of anilines is 1. The Hall–Kier alpha value is -4.73. The second-order valence-corrected chi connectivity index (χ2v) is 10.0. The second-order valence-electron chi connectivity index (χ2n) is 10.0. The summed E-state index contributed by atoms with van der Waals surface area (Å²) in [4.78, 5) is 41.2. The zero-order chi connectivity index (χ0) is 28.9.